The second-order valence-corrected chi connectivity index (χ2v) is 6.53. The van der Waals surface area contributed by atoms with Gasteiger partial charge in [0.2, 0.25) is 0 Å². The average molecular weight is 298 g/mol. The van der Waals surface area contributed by atoms with Gasteiger partial charge in [-0.3, -0.25) is 4.99 Å². The number of thioether (sulfide) groups is 1. The molecule has 0 aliphatic carbocycles. The Bertz CT molecular complexity index is 713. The van der Waals surface area contributed by atoms with E-state index in [1.807, 2.05) is 17.8 Å². The number of nitrogens with zero attached hydrogens (tertiary/aromatic N) is 2. The Hall–Kier alpha value is -1.68. The summed E-state index contributed by atoms with van der Waals surface area (Å²) in [4.78, 5) is 7.22. The molecule has 4 heteroatoms. The van der Waals surface area contributed by atoms with E-state index < -0.39 is 0 Å². The first kappa shape index (κ1) is 13.0. The first-order chi connectivity index (χ1) is 10.4. The highest BCUT2D eigenvalue weighted by atomic mass is 32.2. The molecule has 2 aliphatic heterocycles. The van der Waals surface area contributed by atoms with Crippen molar-refractivity contribution in [3.8, 4) is 5.75 Å². The van der Waals surface area contributed by atoms with Crippen molar-refractivity contribution >= 4 is 27.7 Å². The van der Waals surface area contributed by atoms with Crippen molar-refractivity contribution < 1.29 is 4.74 Å². The molecule has 1 saturated heterocycles. The van der Waals surface area contributed by atoms with E-state index in [9.17, 15) is 0 Å². The third-order valence-electron chi connectivity index (χ3n) is 4.28. The van der Waals surface area contributed by atoms with Crippen LogP contribution in [0.2, 0.25) is 0 Å². The Morgan fingerprint density at radius 1 is 1.29 bits per heavy atom. The van der Waals surface area contributed by atoms with Crippen molar-refractivity contribution in [1.82, 2.24) is 4.90 Å². The van der Waals surface area contributed by atoms with Crippen molar-refractivity contribution in [2.24, 2.45) is 4.99 Å². The Labute approximate surface area is 129 Å². The number of methoxy groups -OCH3 is 1. The molecule has 2 aromatic carbocycles. The number of rotatable bonds is 2. The lowest BCUT2D eigenvalue weighted by Crippen LogP contribution is -2.33. The lowest BCUT2D eigenvalue weighted by atomic mass is 9.98. The SMILES string of the molecule is COc1ccc2c(C3CN=C4SCCCN43)cccc2c1. The van der Waals surface area contributed by atoms with Gasteiger partial charge in [-0.1, -0.05) is 36.0 Å². The number of fused-ring (bicyclic) bond motifs is 2. The standard InChI is InChI=1S/C17H18N2OS/c1-20-13-6-7-14-12(10-13)4-2-5-15(14)16-11-18-17-19(16)8-3-9-21-17/h2,4-7,10,16H,3,8-9,11H2,1H3. The van der Waals surface area contributed by atoms with Crippen LogP contribution in [0.1, 0.15) is 18.0 Å². The van der Waals surface area contributed by atoms with Gasteiger partial charge in [-0.05, 0) is 34.9 Å². The molecule has 0 N–H and O–H groups in total. The first-order valence-electron chi connectivity index (χ1n) is 7.37. The molecule has 0 saturated carbocycles. The number of aliphatic imine (C=N–C) groups is 1. The van der Waals surface area contributed by atoms with E-state index in [0.29, 0.717) is 6.04 Å². The summed E-state index contributed by atoms with van der Waals surface area (Å²) >= 11 is 1.90. The maximum atomic E-state index is 5.34. The quantitative estimate of drug-likeness (QED) is 0.845. The maximum absolute atomic E-state index is 5.34. The van der Waals surface area contributed by atoms with Gasteiger partial charge >= 0.3 is 0 Å². The van der Waals surface area contributed by atoms with E-state index in [0.717, 1.165) is 18.8 Å². The summed E-state index contributed by atoms with van der Waals surface area (Å²) in [7, 11) is 1.72. The fraction of sp³-hybridized carbons (Fsp3) is 0.353. The fourth-order valence-electron chi connectivity index (χ4n) is 3.24. The third-order valence-corrected chi connectivity index (χ3v) is 5.39. The largest absolute Gasteiger partial charge is 0.497 e. The molecule has 1 unspecified atom stereocenters. The zero-order valence-corrected chi connectivity index (χ0v) is 12.9. The summed E-state index contributed by atoms with van der Waals surface area (Å²) in [5.74, 6) is 2.12. The lowest BCUT2D eigenvalue weighted by molar-refractivity contribution is 0.354. The van der Waals surface area contributed by atoms with Crippen molar-refractivity contribution in [2.75, 3.05) is 26.0 Å². The minimum atomic E-state index is 0.393. The highest BCUT2D eigenvalue weighted by Gasteiger charge is 2.31. The number of amidine groups is 1. The summed E-state index contributed by atoms with van der Waals surface area (Å²) in [6, 6.07) is 13.3. The minimum absolute atomic E-state index is 0.393. The zero-order valence-electron chi connectivity index (χ0n) is 12.1. The van der Waals surface area contributed by atoms with Crippen LogP contribution < -0.4 is 4.74 Å². The topological polar surface area (TPSA) is 24.8 Å². The summed E-state index contributed by atoms with van der Waals surface area (Å²) in [5.41, 5.74) is 1.39. The second kappa shape index (κ2) is 5.26. The lowest BCUT2D eigenvalue weighted by Gasteiger charge is -2.31. The predicted molar refractivity (Wildman–Crippen MR) is 89.3 cm³/mol. The summed E-state index contributed by atoms with van der Waals surface area (Å²) < 4.78 is 5.34. The molecule has 21 heavy (non-hydrogen) atoms. The second-order valence-electron chi connectivity index (χ2n) is 5.47. The zero-order chi connectivity index (χ0) is 14.2. The molecule has 2 aromatic rings. The van der Waals surface area contributed by atoms with Gasteiger partial charge in [-0.2, -0.15) is 0 Å². The van der Waals surface area contributed by atoms with Gasteiger partial charge in [0, 0.05) is 12.3 Å². The molecule has 1 fully saturated rings. The van der Waals surface area contributed by atoms with Crippen LogP contribution >= 0.6 is 11.8 Å². The summed E-state index contributed by atoms with van der Waals surface area (Å²) in [6.45, 7) is 2.01. The number of ether oxygens (including phenoxy) is 1. The van der Waals surface area contributed by atoms with Crippen LogP contribution in [-0.2, 0) is 0 Å². The molecule has 1 atom stereocenters. The van der Waals surface area contributed by atoms with Crippen molar-refractivity contribution in [3.05, 3.63) is 42.0 Å². The van der Waals surface area contributed by atoms with Crippen LogP contribution in [-0.4, -0.2) is 36.0 Å². The molecule has 108 valence electrons. The fourth-order valence-corrected chi connectivity index (χ4v) is 4.24. The highest BCUT2D eigenvalue weighted by molar-refractivity contribution is 8.13. The molecule has 4 rings (SSSR count). The third kappa shape index (κ3) is 2.18. The van der Waals surface area contributed by atoms with E-state index in [1.54, 1.807) is 7.11 Å². The van der Waals surface area contributed by atoms with Crippen LogP contribution in [0.15, 0.2) is 41.4 Å². The van der Waals surface area contributed by atoms with Crippen molar-refractivity contribution in [1.29, 1.82) is 0 Å². The van der Waals surface area contributed by atoms with Crippen LogP contribution in [0.4, 0.5) is 0 Å². The molecule has 0 bridgehead atoms. The van der Waals surface area contributed by atoms with Crippen molar-refractivity contribution in [3.63, 3.8) is 0 Å². The van der Waals surface area contributed by atoms with Gasteiger partial charge in [0.05, 0.1) is 19.7 Å². The van der Waals surface area contributed by atoms with Gasteiger partial charge in [0.25, 0.3) is 0 Å². The monoisotopic (exact) mass is 298 g/mol. The van der Waals surface area contributed by atoms with Crippen LogP contribution in [0.25, 0.3) is 10.8 Å². The Morgan fingerprint density at radius 2 is 2.24 bits per heavy atom. The molecule has 0 radical (unpaired) electrons. The van der Waals surface area contributed by atoms with E-state index in [1.165, 1.54) is 33.7 Å². The van der Waals surface area contributed by atoms with Crippen LogP contribution in [0, 0.1) is 0 Å². The molecule has 2 aliphatic rings. The Morgan fingerprint density at radius 3 is 3.14 bits per heavy atom. The first-order valence-corrected chi connectivity index (χ1v) is 8.36. The predicted octanol–water partition coefficient (Wildman–Crippen LogP) is 3.70. The van der Waals surface area contributed by atoms with Gasteiger partial charge in [-0.25, -0.2) is 0 Å². The molecule has 3 nitrogen and oxygen atoms in total. The van der Waals surface area contributed by atoms with Crippen LogP contribution in [0.5, 0.6) is 5.75 Å². The smallest absolute Gasteiger partial charge is 0.159 e. The van der Waals surface area contributed by atoms with Crippen molar-refractivity contribution in [2.45, 2.75) is 12.5 Å². The van der Waals surface area contributed by atoms with Gasteiger partial charge in [0.15, 0.2) is 5.17 Å². The molecule has 0 spiro atoms. The number of hydrogen-bond acceptors (Lipinski definition) is 4. The molecule has 2 heterocycles. The summed E-state index contributed by atoms with van der Waals surface area (Å²) in [5, 5.41) is 3.79. The average Bonchev–Trinajstić information content (AvgIpc) is 2.97. The Balaban J connectivity index is 1.77. The molecular formula is C17H18N2OS. The van der Waals surface area contributed by atoms with Gasteiger partial charge in [0.1, 0.15) is 5.75 Å². The number of hydrogen-bond donors (Lipinski definition) is 0. The van der Waals surface area contributed by atoms with E-state index in [4.69, 9.17) is 9.73 Å². The maximum Gasteiger partial charge on any atom is 0.159 e. The molecule has 0 amide bonds. The minimum Gasteiger partial charge on any atom is -0.497 e. The Kier molecular flexibility index (Phi) is 3.26. The van der Waals surface area contributed by atoms with E-state index >= 15 is 0 Å². The molecule has 0 aromatic heterocycles. The van der Waals surface area contributed by atoms with E-state index in [2.05, 4.69) is 35.2 Å². The molecular weight excluding hydrogens is 280 g/mol. The van der Waals surface area contributed by atoms with Gasteiger partial charge < -0.3 is 9.64 Å². The van der Waals surface area contributed by atoms with Crippen LogP contribution in [0.3, 0.4) is 0 Å². The summed E-state index contributed by atoms with van der Waals surface area (Å²) in [6.07, 6.45) is 1.25. The van der Waals surface area contributed by atoms with Gasteiger partial charge in [-0.15, -0.1) is 0 Å². The normalized spacial score (nSPS) is 21.3. The van der Waals surface area contributed by atoms with E-state index in [-0.39, 0.29) is 0 Å². The number of benzene rings is 2. The highest BCUT2D eigenvalue weighted by Crippen LogP contribution is 2.37.